The second-order valence-corrected chi connectivity index (χ2v) is 20.6. The Hall–Kier alpha value is -4.36. The summed E-state index contributed by atoms with van der Waals surface area (Å²) in [6, 6.07) is 7.99. The SMILES string of the molecule is COCCOCCOCCOCCOCCOCCOC(=O)[N+]1(CC(=O)OC(C)(C)C)CCNCCN(CC(=O)OC(C)(C)C)CC[N+](CC(=O)OC(C)(C)C)(C(=O)OCc2ccccc2)CC1CCNC=O. The topological polar surface area (TPSA) is 231 Å². The van der Waals surface area contributed by atoms with E-state index in [9.17, 15) is 19.2 Å². The molecule has 22 nitrogen and oxygen atoms in total. The van der Waals surface area contributed by atoms with E-state index in [4.69, 9.17) is 52.1 Å². The van der Waals surface area contributed by atoms with Crippen LogP contribution in [-0.2, 0) is 77.9 Å². The quantitative estimate of drug-likeness (QED) is 0.0370. The first kappa shape index (κ1) is 64.8. The number of rotatable bonds is 30. The Morgan fingerprint density at radius 2 is 1.14 bits per heavy atom. The van der Waals surface area contributed by atoms with Gasteiger partial charge in [0.1, 0.15) is 49.7 Å². The van der Waals surface area contributed by atoms with Crippen LogP contribution in [0, 0.1) is 0 Å². The van der Waals surface area contributed by atoms with E-state index in [1.54, 1.807) is 93.7 Å². The number of amides is 3. The van der Waals surface area contributed by atoms with E-state index < -0.39 is 75.0 Å². The van der Waals surface area contributed by atoms with Gasteiger partial charge in [0, 0.05) is 46.3 Å². The molecule has 3 atom stereocenters. The summed E-state index contributed by atoms with van der Waals surface area (Å²) in [5.41, 5.74) is -1.99. The highest BCUT2D eigenvalue weighted by atomic mass is 16.6. The highest BCUT2D eigenvalue weighted by molar-refractivity contribution is 5.75. The molecule has 1 fully saturated rings. The second-order valence-electron chi connectivity index (χ2n) is 20.6. The van der Waals surface area contributed by atoms with Gasteiger partial charge in [-0.2, -0.15) is 9.59 Å². The minimum atomic E-state index is -1.03. The highest BCUT2D eigenvalue weighted by Gasteiger charge is 2.55. The van der Waals surface area contributed by atoms with Crippen molar-refractivity contribution in [2.45, 2.75) is 98.2 Å². The number of carbonyl (C=O) groups is 6. The van der Waals surface area contributed by atoms with Crippen LogP contribution in [0.3, 0.4) is 0 Å². The Morgan fingerprint density at radius 1 is 0.630 bits per heavy atom. The van der Waals surface area contributed by atoms with Gasteiger partial charge in [-0.25, -0.2) is 18.6 Å². The number of quaternary nitrogens is 2. The first-order valence-electron chi connectivity index (χ1n) is 25.3. The van der Waals surface area contributed by atoms with Crippen molar-refractivity contribution in [2.24, 2.45) is 0 Å². The van der Waals surface area contributed by atoms with Crippen molar-refractivity contribution >= 4 is 36.5 Å². The average molecular weight is 1040 g/mol. The van der Waals surface area contributed by atoms with Crippen molar-refractivity contribution in [3.05, 3.63) is 35.9 Å². The molecule has 418 valence electrons. The maximum absolute atomic E-state index is 15.1. The number of nitrogens with one attached hydrogen (secondary N) is 2. The van der Waals surface area contributed by atoms with Crippen molar-refractivity contribution in [3.8, 4) is 0 Å². The molecule has 1 aliphatic rings. The molecule has 3 unspecified atom stereocenters. The van der Waals surface area contributed by atoms with E-state index in [0.29, 0.717) is 77.9 Å². The summed E-state index contributed by atoms with van der Waals surface area (Å²) in [5, 5.41) is 6.04. The van der Waals surface area contributed by atoms with Gasteiger partial charge in [0.15, 0.2) is 19.1 Å². The number of hydrogen-bond donors (Lipinski definition) is 2. The van der Waals surface area contributed by atoms with E-state index in [0.717, 1.165) is 0 Å². The molecule has 1 heterocycles. The molecule has 22 heteroatoms. The van der Waals surface area contributed by atoms with Crippen molar-refractivity contribution in [1.82, 2.24) is 15.5 Å². The molecule has 2 rings (SSSR count). The molecule has 1 aliphatic heterocycles. The molecule has 0 bridgehead atoms. The monoisotopic (exact) mass is 1040 g/mol. The van der Waals surface area contributed by atoms with Crippen molar-refractivity contribution in [3.63, 3.8) is 0 Å². The minimum Gasteiger partial charge on any atom is -0.459 e. The number of esters is 3. The molecule has 1 aromatic rings. The smallest absolute Gasteiger partial charge is 0.459 e. The molecule has 2 N–H and O–H groups in total. The van der Waals surface area contributed by atoms with E-state index in [-0.39, 0.29) is 85.3 Å². The molecular weight excluding hydrogens is 955 g/mol. The number of ether oxygens (including phenoxy) is 11. The Balaban J connectivity index is 2.53. The fraction of sp³-hybridized carbons (Fsp3) is 0.765. The zero-order valence-corrected chi connectivity index (χ0v) is 45.5. The van der Waals surface area contributed by atoms with Gasteiger partial charge < -0.3 is 62.7 Å². The normalized spacial score (nSPS) is 19.4. The van der Waals surface area contributed by atoms with E-state index in [1.165, 1.54) is 0 Å². The van der Waals surface area contributed by atoms with Crippen LogP contribution in [0.5, 0.6) is 0 Å². The molecular formula is C51H89N5O17+2. The third kappa shape index (κ3) is 28.8. The zero-order valence-electron chi connectivity index (χ0n) is 45.5. The summed E-state index contributed by atoms with van der Waals surface area (Å²) >= 11 is 0. The lowest BCUT2D eigenvalue weighted by Gasteiger charge is -2.45. The third-order valence-electron chi connectivity index (χ3n) is 10.9. The lowest BCUT2D eigenvalue weighted by Crippen LogP contribution is -2.71. The minimum absolute atomic E-state index is 0.00646. The van der Waals surface area contributed by atoms with Gasteiger partial charge in [-0.15, -0.1) is 0 Å². The summed E-state index contributed by atoms with van der Waals surface area (Å²) in [4.78, 5) is 85.5. The summed E-state index contributed by atoms with van der Waals surface area (Å²) in [6.07, 6.45) is -1.10. The Bertz CT molecular complexity index is 1760. The number of methoxy groups -OCH3 is 1. The van der Waals surface area contributed by atoms with E-state index in [1.807, 2.05) is 11.0 Å². The average Bonchev–Trinajstić information content (AvgIpc) is 3.29. The van der Waals surface area contributed by atoms with Gasteiger partial charge in [0.05, 0.1) is 79.2 Å². The number of carbonyl (C=O) groups excluding carboxylic acids is 6. The van der Waals surface area contributed by atoms with Gasteiger partial charge >= 0.3 is 30.1 Å². The van der Waals surface area contributed by atoms with Crippen LogP contribution < -0.4 is 10.6 Å². The van der Waals surface area contributed by atoms with Crippen LogP contribution in [-0.4, -0.2) is 232 Å². The molecule has 1 saturated heterocycles. The molecule has 1 aromatic carbocycles. The Morgan fingerprint density at radius 3 is 1.66 bits per heavy atom. The molecule has 0 saturated carbocycles. The molecule has 0 aliphatic carbocycles. The fourth-order valence-electron chi connectivity index (χ4n) is 7.69. The fourth-order valence-corrected chi connectivity index (χ4v) is 7.69. The van der Waals surface area contributed by atoms with E-state index >= 15 is 9.59 Å². The molecule has 3 amide bonds. The molecule has 73 heavy (non-hydrogen) atoms. The van der Waals surface area contributed by atoms with Crippen LogP contribution in [0.2, 0.25) is 0 Å². The predicted molar refractivity (Wildman–Crippen MR) is 268 cm³/mol. The lowest BCUT2D eigenvalue weighted by atomic mass is 10.0. The maximum atomic E-state index is 15.1. The molecule has 0 spiro atoms. The van der Waals surface area contributed by atoms with Gasteiger partial charge in [0.25, 0.3) is 0 Å². The predicted octanol–water partition coefficient (Wildman–Crippen LogP) is 3.26. The summed E-state index contributed by atoms with van der Waals surface area (Å²) < 4.78 is 60.8. The Labute approximate surface area is 433 Å². The van der Waals surface area contributed by atoms with E-state index in [2.05, 4.69) is 10.6 Å². The van der Waals surface area contributed by atoms with Crippen molar-refractivity contribution < 1.29 is 89.8 Å². The van der Waals surface area contributed by atoms with Gasteiger partial charge in [0.2, 0.25) is 6.41 Å². The van der Waals surface area contributed by atoms with Crippen molar-refractivity contribution in [2.75, 3.05) is 158 Å². The third-order valence-corrected chi connectivity index (χ3v) is 10.9. The first-order valence-corrected chi connectivity index (χ1v) is 25.3. The zero-order chi connectivity index (χ0) is 54.2. The Kier molecular flexibility index (Phi) is 30.4. The van der Waals surface area contributed by atoms with Crippen LogP contribution in [0.25, 0.3) is 0 Å². The van der Waals surface area contributed by atoms with Crippen molar-refractivity contribution in [1.29, 1.82) is 0 Å². The van der Waals surface area contributed by atoms with Crippen LogP contribution in [0.1, 0.15) is 74.3 Å². The standard InChI is InChI=1S/C51H88N5O17/c1-49(2,3)71-44(58)36-54-20-18-52-19-22-56(39-46(60)73-51(7,8)9,48(62)69-35-34-68-33-32-67-31-30-66-29-28-65-27-26-64-25-24-63-10)43(16-17-53-41-57)37-55(23-21-54,38-45(59)72-50(4,5)6)47(61)70-40-42-14-12-11-13-15-42/h11-15,41,43,52H,16-40H2,1-10H3/q+1/p+1. The van der Waals surface area contributed by atoms with Gasteiger partial charge in [-0.3, -0.25) is 14.5 Å². The van der Waals surface area contributed by atoms with Crippen LogP contribution >= 0.6 is 0 Å². The number of hydrogen-bond acceptors (Lipinski definition) is 19. The highest BCUT2D eigenvalue weighted by Crippen LogP contribution is 2.28. The lowest BCUT2D eigenvalue weighted by molar-refractivity contribution is -0.925. The summed E-state index contributed by atoms with van der Waals surface area (Å²) in [5.74, 6) is -1.94. The van der Waals surface area contributed by atoms with Gasteiger partial charge in [-0.1, -0.05) is 30.3 Å². The van der Waals surface area contributed by atoms with Gasteiger partial charge in [-0.05, 0) is 67.9 Å². The number of benzene rings is 1. The number of nitrogens with zero attached hydrogens (tertiary/aromatic N) is 3. The van der Waals surface area contributed by atoms with Crippen LogP contribution in [0.4, 0.5) is 9.59 Å². The largest absolute Gasteiger partial charge is 0.517 e. The summed E-state index contributed by atoms with van der Waals surface area (Å²) in [6.45, 7) is 18.2. The summed E-state index contributed by atoms with van der Waals surface area (Å²) in [7, 11) is 1.61. The maximum Gasteiger partial charge on any atom is 0.517 e. The molecule has 0 aromatic heterocycles. The first-order chi connectivity index (χ1) is 34.5. The van der Waals surface area contributed by atoms with Crippen LogP contribution in [0.15, 0.2) is 30.3 Å². The molecule has 0 radical (unpaired) electrons. The second kappa shape index (κ2) is 34.3.